The summed E-state index contributed by atoms with van der Waals surface area (Å²) in [5.74, 6) is 1.000. The van der Waals surface area contributed by atoms with Gasteiger partial charge in [0, 0.05) is 26.2 Å². The van der Waals surface area contributed by atoms with Gasteiger partial charge in [0.15, 0.2) is 0 Å². The van der Waals surface area contributed by atoms with E-state index in [1.54, 1.807) is 6.26 Å². The van der Waals surface area contributed by atoms with E-state index < -0.39 is 0 Å². The first kappa shape index (κ1) is 11.5. The molecule has 0 saturated carbocycles. The van der Waals surface area contributed by atoms with Crippen LogP contribution in [0.15, 0.2) is 47.1 Å². The summed E-state index contributed by atoms with van der Waals surface area (Å²) >= 11 is 0. The van der Waals surface area contributed by atoms with Crippen molar-refractivity contribution in [1.29, 1.82) is 0 Å². The van der Waals surface area contributed by atoms with E-state index in [1.807, 2.05) is 12.1 Å². The molecule has 0 bridgehead atoms. The highest BCUT2D eigenvalue weighted by Crippen LogP contribution is 2.21. The van der Waals surface area contributed by atoms with E-state index in [9.17, 15) is 0 Å². The van der Waals surface area contributed by atoms with Crippen molar-refractivity contribution in [2.24, 2.45) is 0 Å². The first-order chi connectivity index (χ1) is 8.92. The van der Waals surface area contributed by atoms with Gasteiger partial charge in [0.25, 0.3) is 0 Å². The van der Waals surface area contributed by atoms with Gasteiger partial charge in [-0.2, -0.15) is 0 Å². The molecule has 0 saturated heterocycles. The monoisotopic (exact) mass is 242 g/mol. The molecule has 0 fully saturated rings. The van der Waals surface area contributed by atoms with E-state index in [4.69, 9.17) is 4.42 Å². The molecule has 18 heavy (non-hydrogen) atoms. The number of hydrogen-bond donors (Lipinski definition) is 1. The molecule has 2 heterocycles. The smallest absolute Gasteiger partial charge is 0.117 e. The highest BCUT2D eigenvalue weighted by Gasteiger charge is 2.16. The standard InChI is InChI=1S/C15H18N2O/c1-2-5-14-12-17(11-13(14)4-1)8-7-16-10-15-6-3-9-18-15/h1-6,9,16H,7-8,10-12H2. The van der Waals surface area contributed by atoms with Crippen LogP contribution in [0.3, 0.4) is 0 Å². The van der Waals surface area contributed by atoms with Gasteiger partial charge >= 0.3 is 0 Å². The maximum atomic E-state index is 5.28. The van der Waals surface area contributed by atoms with Crippen molar-refractivity contribution in [3.63, 3.8) is 0 Å². The molecular formula is C15H18N2O. The molecule has 2 aromatic rings. The Kier molecular flexibility index (Phi) is 3.44. The Balaban J connectivity index is 1.41. The van der Waals surface area contributed by atoms with Crippen molar-refractivity contribution in [3.8, 4) is 0 Å². The highest BCUT2D eigenvalue weighted by atomic mass is 16.3. The lowest BCUT2D eigenvalue weighted by molar-refractivity contribution is 0.281. The summed E-state index contributed by atoms with van der Waals surface area (Å²) in [7, 11) is 0. The lowest BCUT2D eigenvalue weighted by Crippen LogP contribution is -2.28. The van der Waals surface area contributed by atoms with Crippen LogP contribution in [0.4, 0.5) is 0 Å². The van der Waals surface area contributed by atoms with Crippen molar-refractivity contribution in [1.82, 2.24) is 10.2 Å². The van der Waals surface area contributed by atoms with E-state index in [-0.39, 0.29) is 0 Å². The third kappa shape index (κ3) is 2.63. The molecule has 1 aromatic heterocycles. The third-order valence-electron chi connectivity index (χ3n) is 3.39. The van der Waals surface area contributed by atoms with E-state index >= 15 is 0 Å². The molecule has 0 amide bonds. The minimum Gasteiger partial charge on any atom is -0.468 e. The zero-order valence-corrected chi connectivity index (χ0v) is 10.4. The van der Waals surface area contributed by atoms with Crippen molar-refractivity contribution in [2.75, 3.05) is 13.1 Å². The van der Waals surface area contributed by atoms with Gasteiger partial charge in [-0.25, -0.2) is 0 Å². The summed E-state index contributed by atoms with van der Waals surface area (Å²) in [5.41, 5.74) is 2.95. The Morgan fingerprint density at radius 2 is 1.83 bits per heavy atom. The van der Waals surface area contributed by atoms with E-state index in [1.165, 1.54) is 11.1 Å². The molecule has 0 spiro atoms. The fourth-order valence-electron chi connectivity index (χ4n) is 2.42. The largest absolute Gasteiger partial charge is 0.468 e. The fraction of sp³-hybridized carbons (Fsp3) is 0.333. The van der Waals surface area contributed by atoms with Crippen molar-refractivity contribution in [2.45, 2.75) is 19.6 Å². The average Bonchev–Trinajstić information content (AvgIpc) is 3.03. The normalized spacial score (nSPS) is 14.9. The number of furan rings is 1. The van der Waals surface area contributed by atoms with Crippen LogP contribution in [0.5, 0.6) is 0 Å². The Labute approximate surface area is 107 Å². The summed E-state index contributed by atoms with van der Waals surface area (Å²) in [6.45, 7) is 5.05. The Bertz CT molecular complexity index is 468. The number of rotatable bonds is 5. The van der Waals surface area contributed by atoms with Gasteiger partial charge in [-0.3, -0.25) is 4.90 Å². The number of hydrogen-bond acceptors (Lipinski definition) is 3. The minimum absolute atomic E-state index is 0.813. The first-order valence-electron chi connectivity index (χ1n) is 6.44. The summed E-state index contributed by atoms with van der Waals surface area (Å²) in [6.07, 6.45) is 1.72. The third-order valence-corrected chi connectivity index (χ3v) is 3.39. The Morgan fingerprint density at radius 1 is 1.06 bits per heavy atom. The second kappa shape index (κ2) is 5.38. The second-order valence-corrected chi connectivity index (χ2v) is 4.74. The van der Waals surface area contributed by atoms with Gasteiger partial charge < -0.3 is 9.73 Å². The van der Waals surface area contributed by atoms with Gasteiger partial charge in [-0.05, 0) is 23.3 Å². The van der Waals surface area contributed by atoms with Crippen LogP contribution in [0.2, 0.25) is 0 Å². The summed E-state index contributed by atoms with van der Waals surface area (Å²) in [6, 6.07) is 12.6. The van der Waals surface area contributed by atoms with Gasteiger partial charge in [0.2, 0.25) is 0 Å². The molecule has 3 heteroatoms. The molecule has 3 nitrogen and oxygen atoms in total. The molecule has 0 unspecified atom stereocenters. The number of benzene rings is 1. The molecule has 1 N–H and O–H groups in total. The Hall–Kier alpha value is -1.58. The van der Waals surface area contributed by atoms with Crippen LogP contribution in [0.1, 0.15) is 16.9 Å². The predicted molar refractivity (Wildman–Crippen MR) is 71.0 cm³/mol. The zero-order valence-electron chi connectivity index (χ0n) is 10.4. The summed E-state index contributed by atoms with van der Waals surface area (Å²) < 4.78 is 5.28. The lowest BCUT2D eigenvalue weighted by Gasteiger charge is -2.14. The molecule has 1 aliphatic rings. The topological polar surface area (TPSA) is 28.4 Å². The van der Waals surface area contributed by atoms with Crippen LogP contribution in [-0.2, 0) is 19.6 Å². The molecule has 94 valence electrons. The van der Waals surface area contributed by atoms with Crippen LogP contribution in [0.25, 0.3) is 0 Å². The zero-order chi connectivity index (χ0) is 12.2. The van der Waals surface area contributed by atoms with Gasteiger partial charge in [0.1, 0.15) is 5.76 Å². The van der Waals surface area contributed by atoms with Gasteiger partial charge in [-0.15, -0.1) is 0 Å². The van der Waals surface area contributed by atoms with E-state index in [2.05, 4.69) is 34.5 Å². The second-order valence-electron chi connectivity index (χ2n) is 4.74. The molecule has 1 aromatic carbocycles. The van der Waals surface area contributed by atoms with Crippen molar-refractivity contribution >= 4 is 0 Å². The molecule has 0 aliphatic carbocycles. The minimum atomic E-state index is 0.813. The van der Waals surface area contributed by atoms with Crippen LogP contribution in [-0.4, -0.2) is 18.0 Å². The molecule has 3 rings (SSSR count). The summed E-state index contributed by atoms with van der Waals surface area (Å²) in [5, 5.41) is 3.41. The Morgan fingerprint density at radius 3 is 2.50 bits per heavy atom. The number of nitrogens with zero attached hydrogens (tertiary/aromatic N) is 1. The van der Waals surface area contributed by atoms with Gasteiger partial charge in [-0.1, -0.05) is 24.3 Å². The SMILES string of the molecule is c1coc(CNCCN2Cc3ccccc3C2)c1. The van der Waals surface area contributed by atoms with Crippen LogP contribution in [0, 0.1) is 0 Å². The lowest BCUT2D eigenvalue weighted by atomic mass is 10.1. The van der Waals surface area contributed by atoms with E-state index in [0.29, 0.717) is 0 Å². The molecular weight excluding hydrogens is 224 g/mol. The summed E-state index contributed by atoms with van der Waals surface area (Å²) in [4.78, 5) is 2.47. The number of fused-ring (bicyclic) bond motifs is 1. The quantitative estimate of drug-likeness (QED) is 0.816. The van der Waals surface area contributed by atoms with Crippen molar-refractivity contribution in [3.05, 3.63) is 59.5 Å². The maximum Gasteiger partial charge on any atom is 0.117 e. The van der Waals surface area contributed by atoms with Crippen molar-refractivity contribution < 1.29 is 4.42 Å². The molecule has 1 aliphatic heterocycles. The molecule has 0 atom stereocenters. The first-order valence-corrected chi connectivity index (χ1v) is 6.44. The fourth-order valence-corrected chi connectivity index (χ4v) is 2.42. The van der Waals surface area contributed by atoms with Crippen LogP contribution >= 0.6 is 0 Å². The van der Waals surface area contributed by atoms with Crippen LogP contribution < -0.4 is 5.32 Å². The average molecular weight is 242 g/mol. The van der Waals surface area contributed by atoms with E-state index in [0.717, 1.165) is 38.5 Å². The highest BCUT2D eigenvalue weighted by molar-refractivity contribution is 5.30. The number of nitrogens with one attached hydrogen (secondary N) is 1. The maximum absolute atomic E-state index is 5.28. The predicted octanol–water partition coefficient (Wildman–Crippen LogP) is 2.39. The van der Waals surface area contributed by atoms with Gasteiger partial charge in [0.05, 0.1) is 12.8 Å². The molecule has 0 radical (unpaired) electrons.